The van der Waals surface area contributed by atoms with Crippen LogP contribution in [0.4, 0.5) is 5.69 Å². The highest BCUT2D eigenvalue weighted by molar-refractivity contribution is 6.76. The molecule has 0 aromatic heterocycles. The van der Waals surface area contributed by atoms with Crippen molar-refractivity contribution in [3.8, 4) is 0 Å². The second kappa shape index (κ2) is 4.91. The largest absolute Gasteiger partial charge is 0.478 e. The molecule has 4 nitrogen and oxygen atoms in total. The normalized spacial score (nSPS) is 10.9. The molecule has 0 radical (unpaired) electrons. The van der Waals surface area contributed by atoms with Crippen LogP contribution < -0.4 is 5.32 Å². The van der Waals surface area contributed by atoms with E-state index in [9.17, 15) is 9.59 Å². The number of rotatable bonds is 2. The van der Waals surface area contributed by atoms with Crippen molar-refractivity contribution in [2.24, 2.45) is 0 Å². The van der Waals surface area contributed by atoms with Crippen LogP contribution in [0.1, 0.15) is 10.4 Å². The summed E-state index contributed by atoms with van der Waals surface area (Å²) in [5.74, 6) is -2.09. The van der Waals surface area contributed by atoms with Gasteiger partial charge in [-0.2, -0.15) is 0 Å². The summed E-state index contributed by atoms with van der Waals surface area (Å²) in [6, 6.07) is 5.81. The molecule has 86 valence electrons. The van der Waals surface area contributed by atoms with Crippen LogP contribution in [0.3, 0.4) is 0 Å². The third-order valence-corrected chi connectivity index (χ3v) is 2.18. The molecule has 1 aromatic carbocycles. The molecular weight excluding hydrogens is 276 g/mol. The Morgan fingerprint density at radius 3 is 2.25 bits per heavy atom. The van der Waals surface area contributed by atoms with E-state index in [1.54, 1.807) is 6.07 Å². The van der Waals surface area contributed by atoms with E-state index >= 15 is 0 Å². The predicted octanol–water partition coefficient (Wildman–Crippen LogP) is 2.69. The van der Waals surface area contributed by atoms with Gasteiger partial charge in [0.1, 0.15) is 0 Å². The number of carboxylic acids is 1. The van der Waals surface area contributed by atoms with E-state index < -0.39 is 15.7 Å². The maximum atomic E-state index is 11.3. The number of nitrogens with one attached hydrogen (secondary N) is 1. The molecule has 0 atom stereocenters. The first-order chi connectivity index (χ1) is 7.32. The van der Waals surface area contributed by atoms with Crippen LogP contribution in [0.15, 0.2) is 24.3 Å². The van der Waals surface area contributed by atoms with Crippen LogP contribution in [-0.2, 0) is 4.79 Å². The van der Waals surface area contributed by atoms with Crippen LogP contribution in [0.2, 0.25) is 0 Å². The molecule has 0 saturated carbocycles. The molecule has 0 fully saturated rings. The highest BCUT2D eigenvalue weighted by Crippen LogP contribution is 2.28. The first-order valence-electron chi connectivity index (χ1n) is 4.03. The number of carboxylic acid groups (broad SMARTS) is 1. The molecule has 16 heavy (non-hydrogen) atoms. The molecule has 0 aliphatic rings. The van der Waals surface area contributed by atoms with Gasteiger partial charge in [-0.15, -0.1) is 0 Å². The molecule has 1 amide bonds. The van der Waals surface area contributed by atoms with Crippen molar-refractivity contribution < 1.29 is 14.7 Å². The number of para-hydroxylation sites is 1. The van der Waals surface area contributed by atoms with Gasteiger partial charge in [-0.3, -0.25) is 4.79 Å². The Hall–Kier alpha value is -0.970. The topological polar surface area (TPSA) is 66.4 Å². The molecule has 0 aliphatic carbocycles. The molecule has 1 rings (SSSR count). The van der Waals surface area contributed by atoms with Crippen molar-refractivity contribution in [1.82, 2.24) is 0 Å². The third-order valence-electron chi connectivity index (χ3n) is 1.66. The van der Waals surface area contributed by atoms with Crippen molar-refractivity contribution in [2.75, 3.05) is 5.32 Å². The average Bonchev–Trinajstić information content (AvgIpc) is 2.16. The Kier molecular flexibility index (Phi) is 4.02. The fourth-order valence-electron chi connectivity index (χ4n) is 0.972. The summed E-state index contributed by atoms with van der Waals surface area (Å²) in [6.45, 7) is 0. The zero-order valence-electron chi connectivity index (χ0n) is 7.71. The van der Waals surface area contributed by atoms with Gasteiger partial charge in [0.05, 0.1) is 11.3 Å². The van der Waals surface area contributed by atoms with E-state index in [-0.39, 0.29) is 11.3 Å². The molecular formula is C9H6Cl3NO3. The molecule has 1 aromatic rings. The van der Waals surface area contributed by atoms with Gasteiger partial charge in [0.2, 0.25) is 0 Å². The number of hydrogen-bond acceptors (Lipinski definition) is 2. The van der Waals surface area contributed by atoms with Crippen molar-refractivity contribution in [2.45, 2.75) is 3.79 Å². The van der Waals surface area contributed by atoms with E-state index in [1.807, 2.05) is 0 Å². The van der Waals surface area contributed by atoms with E-state index in [2.05, 4.69) is 5.32 Å². The highest BCUT2D eigenvalue weighted by Gasteiger charge is 2.31. The maximum Gasteiger partial charge on any atom is 0.337 e. The van der Waals surface area contributed by atoms with Crippen LogP contribution in [-0.4, -0.2) is 20.8 Å². The quantitative estimate of drug-likeness (QED) is 0.820. The number of carbonyl (C=O) groups excluding carboxylic acids is 1. The second-order valence-electron chi connectivity index (χ2n) is 2.80. The predicted molar refractivity (Wildman–Crippen MR) is 62.3 cm³/mol. The summed E-state index contributed by atoms with van der Waals surface area (Å²) >= 11 is 16.0. The minimum atomic E-state index is -2.13. The van der Waals surface area contributed by atoms with Crippen LogP contribution in [0.5, 0.6) is 0 Å². The molecule has 0 unspecified atom stereocenters. The number of alkyl halides is 3. The van der Waals surface area contributed by atoms with Gasteiger partial charge >= 0.3 is 5.97 Å². The van der Waals surface area contributed by atoms with Gasteiger partial charge in [-0.25, -0.2) is 4.79 Å². The van der Waals surface area contributed by atoms with Gasteiger partial charge in [-0.05, 0) is 12.1 Å². The lowest BCUT2D eigenvalue weighted by atomic mass is 10.2. The monoisotopic (exact) mass is 281 g/mol. The Balaban J connectivity index is 2.98. The lowest BCUT2D eigenvalue weighted by Crippen LogP contribution is -2.27. The smallest absolute Gasteiger partial charge is 0.337 e. The van der Waals surface area contributed by atoms with E-state index in [1.165, 1.54) is 18.2 Å². The zero-order valence-corrected chi connectivity index (χ0v) is 9.97. The second-order valence-corrected chi connectivity index (χ2v) is 5.08. The van der Waals surface area contributed by atoms with Gasteiger partial charge in [0.25, 0.3) is 9.70 Å². The first kappa shape index (κ1) is 13.1. The van der Waals surface area contributed by atoms with E-state index in [0.717, 1.165) is 0 Å². The van der Waals surface area contributed by atoms with E-state index in [0.29, 0.717) is 0 Å². The summed E-state index contributed by atoms with van der Waals surface area (Å²) < 4.78 is -2.13. The summed E-state index contributed by atoms with van der Waals surface area (Å²) in [4.78, 5) is 22.1. The number of anilines is 1. The molecule has 0 saturated heterocycles. The number of amides is 1. The molecule has 2 N–H and O–H groups in total. The summed E-state index contributed by atoms with van der Waals surface area (Å²) in [5, 5.41) is 11.0. The first-order valence-corrected chi connectivity index (χ1v) is 5.16. The molecule has 0 bridgehead atoms. The Bertz CT molecular complexity index is 428. The zero-order chi connectivity index (χ0) is 12.3. The van der Waals surface area contributed by atoms with Gasteiger partial charge in [0.15, 0.2) is 0 Å². The molecule has 0 aliphatic heterocycles. The van der Waals surface area contributed by atoms with Gasteiger partial charge in [0, 0.05) is 0 Å². The number of aromatic carboxylic acids is 1. The van der Waals surface area contributed by atoms with Crippen molar-refractivity contribution in [1.29, 1.82) is 0 Å². The lowest BCUT2D eigenvalue weighted by Gasteiger charge is -2.12. The van der Waals surface area contributed by atoms with Crippen LogP contribution >= 0.6 is 34.8 Å². The Morgan fingerprint density at radius 1 is 1.19 bits per heavy atom. The maximum absolute atomic E-state index is 11.3. The molecule has 0 heterocycles. The van der Waals surface area contributed by atoms with Gasteiger partial charge < -0.3 is 10.4 Å². The number of carbonyl (C=O) groups is 2. The van der Waals surface area contributed by atoms with Crippen LogP contribution in [0, 0.1) is 0 Å². The van der Waals surface area contributed by atoms with Gasteiger partial charge in [-0.1, -0.05) is 46.9 Å². The summed E-state index contributed by atoms with van der Waals surface area (Å²) in [7, 11) is 0. The minimum absolute atomic E-state index is 0.0753. The van der Waals surface area contributed by atoms with Crippen molar-refractivity contribution >= 4 is 52.4 Å². The van der Waals surface area contributed by atoms with E-state index in [4.69, 9.17) is 39.9 Å². The minimum Gasteiger partial charge on any atom is -0.478 e. The third kappa shape index (κ3) is 3.27. The summed E-state index contributed by atoms with van der Waals surface area (Å²) in [5.41, 5.74) is -0.00331. The van der Waals surface area contributed by atoms with Crippen LogP contribution in [0.25, 0.3) is 0 Å². The standard InChI is InChI=1S/C9H6Cl3NO3/c10-9(11,12)8(16)13-6-4-2-1-3-5(6)7(14)15/h1-4H,(H,13,16)(H,14,15). The lowest BCUT2D eigenvalue weighted by molar-refractivity contribution is -0.115. The number of benzene rings is 1. The van der Waals surface area contributed by atoms with Crippen molar-refractivity contribution in [3.63, 3.8) is 0 Å². The highest BCUT2D eigenvalue weighted by atomic mass is 35.6. The number of hydrogen-bond donors (Lipinski definition) is 2. The molecule has 7 heteroatoms. The number of halogens is 3. The average molecular weight is 283 g/mol. The molecule has 0 spiro atoms. The Morgan fingerprint density at radius 2 is 1.75 bits per heavy atom. The fourth-order valence-corrected chi connectivity index (χ4v) is 1.11. The fraction of sp³-hybridized carbons (Fsp3) is 0.111. The summed E-state index contributed by atoms with van der Waals surface area (Å²) in [6.07, 6.45) is 0. The Labute approximate surface area is 106 Å². The van der Waals surface area contributed by atoms with Crippen molar-refractivity contribution in [3.05, 3.63) is 29.8 Å². The SMILES string of the molecule is O=C(O)c1ccccc1NC(=O)C(Cl)(Cl)Cl.